The third-order valence-corrected chi connectivity index (χ3v) is 3.70. The van der Waals surface area contributed by atoms with E-state index in [0.29, 0.717) is 10.0 Å². The first-order chi connectivity index (χ1) is 6.75. The van der Waals surface area contributed by atoms with Crippen molar-refractivity contribution in [2.75, 3.05) is 5.32 Å². The largest absolute Gasteiger partial charge is 0.297 e. The van der Waals surface area contributed by atoms with Crippen LogP contribution in [0.5, 0.6) is 0 Å². The number of carbonyl (C=O) groups excluding carboxylic acids is 1. The van der Waals surface area contributed by atoms with Crippen LogP contribution in [0.25, 0.3) is 0 Å². The summed E-state index contributed by atoms with van der Waals surface area (Å²) in [4.78, 5) is 16.2. The SMILES string of the molecule is O=C(Nc1ncc(Br)s1)c1cccs1. The maximum atomic E-state index is 11.5. The summed E-state index contributed by atoms with van der Waals surface area (Å²) in [6.07, 6.45) is 1.66. The second-order valence-electron chi connectivity index (χ2n) is 2.40. The van der Waals surface area contributed by atoms with Crippen molar-refractivity contribution in [1.82, 2.24) is 4.98 Å². The van der Waals surface area contributed by atoms with Gasteiger partial charge in [0.05, 0.1) is 14.9 Å². The first-order valence-electron chi connectivity index (χ1n) is 3.72. The number of nitrogens with zero attached hydrogens (tertiary/aromatic N) is 1. The molecular weight excluding hydrogens is 284 g/mol. The molecule has 0 atom stereocenters. The van der Waals surface area contributed by atoms with Crippen molar-refractivity contribution in [1.29, 1.82) is 0 Å². The second kappa shape index (κ2) is 4.20. The zero-order valence-electron chi connectivity index (χ0n) is 6.86. The molecule has 3 nitrogen and oxygen atoms in total. The van der Waals surface area contributed by atoms with Crippen molar-refractivity contribution < 1.29 is 4.79 Å². The second-order valence-corrected chi connectivity index (χ2v) is 5.76. The van der Waals surface area contributed by atoms with Gasteiger partial charge in [0.15, 0.2) is 5.13 Å². The molecule has 0 saturated carbocycles. The fourth-order valence-corrected chi connectivity index (χ4v) is 2.60. The average Bonchev–Trinajstić information content (AvgIpc) is 2.75. The van der Waals surface area contributed by atoms with Crippen LogP contribution in [-0.4, -0.2) is 10.9 Å². The minimum Gasteiger partial charge on any atom is -0.297 e. The van der Waals surface area contributed by atoms with Crippen LogP contribution in [-0.2, 0) is 0 Å². The van der Waals surface area contributed by atoms with Crippen LogP contribution in [0.2, 0.25) is 0 Å². The number of halogens is 1. The van der Waals surface area contributed by atoms with Gasteiger partial charge in [0, 0.05) is 0 Å². The number of thiazole rings is 1. The molecule has 0 radical (unpaired) electrons. The number of nitrogens with one attached hydrogen (secondary N) is 1. The van der Waals surface area contributed by atoms with E-state index in [1.54, 1.807) is 12.3 Å². The Kier molecular flexibility index (Phi) is 2.95. The van der Waals surface area contributed by atoms with Crippen LogP contribution in [0.15, 0.2) is 27.5 Å². The summed E-state index contributed by atoms with van der Waals surface area (Å²) in [5.74, 6) is -0.109. The van der Waals surface area contributed by atoms with Crippen LogP contribution in [0.1, 0.15) is 9.67 Å². The Labute approximate surface area is 96.9 Å². The van der Waals surface area contributed by atoms with Gasteiger partial charge in [0.1, 0.15) is 0 Å². The van der Waals surface area contributed by atoms with E-state index in [9.17, 15) is 4.79 Å². The molecule has 0 saturated heterocycles. The Hall–Kier alpha value is -0.720. The summed E-state index contributed by atoms with van der Waals surface area (Å²) in [5.41, 5.74) is 0. The highest BCUT2D eigenvalue weighted by atomic mass is 79.9. The van der Waals surface area contributed by atoms with Gasteiger partial charge in [-0.25, -0.2) is 4.98 Å². The van der Waals surface area contributed by atoms with Gasteiger partial charge in [0.2, 0.25) is 0 Å². The Balaban J connectivity index is 2.09. The van der Waals surface area contributed by atoms with Gasteiger partial charge in [-0.15, -0.1) is 11.3 Å². The summed E-state index contributed by atoms with van der Waals surface area (Å²) in [6, 6.07) is 3.62. The maximum absolute atomic E-state index is 11.5. The van der Waals surface area contributed by atoms with Gasteiger partial charge in [-0.05, 0) is 27.4 Å². The third kappa shape index (κ3) is 2.20. The van der Waals surface area contributed by atoms with Gasteiger partial charge in [0.25, 0.3) is 5.91 Å². The van der Waals surface area contributed by atoms with Crippen molar-refractivity contribution in [3.8, 4) is 0 Å². The molecule has 2 rings (SSSR count). The fraction of sp³-hybridized carbons (Fsp3) is 0. The number of rotatable bonds is 2. The minimum atomic E-state index is -0.109. The molecule has 1 amide bonds. The smallest absolute Gasteiger partial charge is 0.267 e. The number of hydrogen-bond acceptors (Lipinski definition) is 4. The van der Waals surface area contributed by atoms with E-state index in [1.807, 2.05) is 11.4 Å². The fourth-order valence-electron chi connectivity index (χ4n) is 0.879. The lowest BCUT2D eigenvalue weighted by Gasteiger charge is -1.96. The number of anilines is 1. The first-order valence-corrected chi connectivity index (χ1v) is 6.21. The highest BCUT2D eigenvalue weighted by Crippen LogP contribution is 2.23. The number of hydrogen-bond donors (Lipinski definition) is 1. The van der Waals surface area contributed by atoms with Crippen molar-refractivity contribution in [3.63, 3.8) is 0 Å². The van der Waals surface area contributed by atoms with E-state index < -0.39 is 0 Å². The molecule has 1 N–H and O–H groups in total. The molecule has 0 fully saturated rings. The van der Waals surface area contributed by atoms with E-state index in [-0.39, 0.29) is 5.91 Å². The Bertz CT molecular complexity index is 438. The lowest BCUT2D eigenvalue weighted by Crippen LogP contribution is -2.09. The lowest BCUT2D eigenvalue weighted by atomic mass is 10.4. The summed E-state index contributed by atoms with van der Waals surface area (Å²) >= 11 is 6.08. The number of thiophene rings is 1. The first kappa shape index (κ1) is 9.82. The molecule has 0 aliphatic heterocycles. The Morgan fingerprint density at radius 3 is 3.00 bits per heavy atom. The van der Waals surface area contributed by atoms with Crippen LogP contribution in [0, 0.1) is 0 Å². The monoisotopic (exact) mass is 288 g/mol. The minimum absolute atomic E-state index is 0.109. The van der Waals surface area contributed by atoms with Crippen molar-refractivity contribution in [2.45, 2.75) is 0 Å². The van der Waals surface area contributed by atoms with Gasteiger partial charge in [-0.1, -0.05) is 17.4 Å². The van der Waals surface area contributed by atoms with Gasteiger partial charge >= 0.3 is 0 Å². The van der Waals surface area contributed by atoms with Gasteiger partial charge in [-0.3, -0.25) is 10.1 Å². The average molecular weight is 289 g/mol. The van der Waals surface area contributed by atoms with Crippen molar-refractivity contribution in [2.24, 2.45) is 0 Å². The number of carbonyl (C=O) groups is 1. The van der Waals surface area contributed by atoms with Crippen LogP contribution >= 0.6 is 38.6 Å². The van der Waals surface area contributed by atoms with Crippen LogP contribution < -0.4 is 5.32 Å². The number of amides is 1. The Morgan fingerprint density at radius 1 is 1.57 bits per heavy atom. The third-order valence-electron chi connectivity index (χ3n) is 1.44. The van der Waals surface area contributed by atoms with Crippen LogP contribution in [0.4, 0.5) is 5.13 Å². The highest BCUT2D eigenvalue weighted by Gasteiger charge is 2.08. The van der Waals surface area contributed by atoms with Gasteiger partial charge < -0.3 is 0 Å². The van der Waals surface area contributed by atoms with E-state index in [1.165, 1.54) is 22.7 Å². The zero-order chi connectivity index (χ0) is 9.97. The summed E-state index contributed by atoms with van der Waals surface area (Å²) < 4.78 is 0.902. The molecule has 0 aromatic carbocycles. The molecule has 0 aliphatic carbocycles. The summed E-state index contributed by atoms with van der Waals surface area (Å²) in [6.45, 7) is 0. The molecule has 0 aliphatic rings. The predicted molar refractivity (Wildman–Crippen MR) is 62.1 cm³/mol. The predicted octanol–water partition coefficient (Wildman–Crippen LogP) is 3.22. The molecular formula is C8H5BrN2OS2. The summed E-state index contributed by atoms with van der Waals surface area (Å²) in [7, 11) is 0. The van der Waals surface area contributed by atoms with Crippen molar-refractivity contribution >= 4 is 49.6 Å². The quantitative estimate of drug-likeness (QED) is 0.922. The summed E-state index contributed by atoms with van der Waals surface area (Å²) in [5, 5.41) is 5.19. The number of aromatic nitrogens is 1. The van der Waals surface area contributed by atoms with Gasteiger partial charge in [-0.2, -0.15) is 0 Å². The molecule has 0 bridgehead atoms. The topological polar surface area (TPSA) is 42.0 Å². The Morgan fingerprint density at radius 2 is 2.43 bits per heavy atom. The standard InChI is InChI=1S/C8H5BrN2OS2/c9-6-4-10-8(14-6)11-7(12)5-2-1-3-13-5/h1-4H,(H,10,11,12). The van der Waals surface area contributed by atoms with Crippen molar-refractivity contribution in [3.05, 3.63) is 32.4 Å². The van der Waals surface area contributed by atoms with E-state index in [4.69, 9.17) is 0 Å². The van der Waals surface area contributed by atoms with E-state index >= 15 is 0 Å². The lowest BCUT2D eigenvalue weighted by molar-refractivity contribution is 0.103. The van der Waals surface area contributed by atoms with Crippen LogP contribution in [0.3, 0.4) is 0 Å². The van der Waals surface area contributed by atoms with E-state index in [2.05, 4.69) is 26.2 Å². The molecule has 6 heteroatoms. The zero-order valence-corrected chi connectivity index (χ0v) is 10.1. The molecule has 0 unspecified atom stereocenters. The molecule has 2 aromatic rings. The molecule has 72 valence electrons. The normalized spacial score (nSPS) is 10.1. The van der Waals surface area contributed by atoms with E-state index in [0.717, 1.165) is 3.79 Å². The molecule has 14 heavy (non-hydrogen) atoms. The maximum Gasteiger partial charge on any atom is 0.267 e. The highest BCUT2D eigenvalue weighted by molar-refractivity contribution is 9.11. The molecule has 0 spiro atoms. The molecule has 2 aromatic heterocycles. The molecule has 2 heterocycles.